The number of hydrogen-bond acceptors (Lipinski definition) is 5. The highest BCUT2D eigenvalue weighted by molar-refractivity contribution is 5.46. The van der Waals surface area contributed by atoms with Crippen molar-refractivity contribution >= 4 is 5.69 Å². The topological polar surface area (TPSA) is 89.0 Å². The number of nitrogens with zero attached hydrogens (tertiary/aromatic N) is 3. The summed E-state index contributed by atoms with van der Waals surface area (Å²) in [6.07, 6.45) is -3.30. The molecule has 1 aromatic heterocycles. The molecule has 0 aromatic carbocycles. The van der Waals surface area contributed by atoms with Crippen molar-refractivity contribution in [1.82, 2.24) is 4.98 Å². The first-order valence-corrected chi connectivity index (χ1v) is 4.38. The molecule has 0 N–H and O–H groups in total. The zero-order valence-corrected chi connectivity index (χ0v) is 8.68. The Morgan fingerprint density at radius 2 is 2.35 bits per heavy atom. The first kappa shape index (κ1) is 12.8. The monoisotopic (exact) mass is 243 g/mol. The molecule has 0 unspecified atom stereocenters. The van der Waals surface area contributed by atoms with E-state index in [-0.39, 0.29) is 12.0 Å². The van der Waals surface area contributed by atoms with Gasteiger partial charge in [0.2, 0.25) is 0 Å². The Morgan fingerprint density at radius 1 is 1.71 bits per heavy atom. The lowest BCUT2D eigenvalue weighted by atomic mass is 10.1. The summed E-state index contributed by atoms with van der Waals surface area (Å²) in [5.74, 6) is -0.494. The van der Waals surface area contributed by atoms with Crippen LogP contribution < -0.4 is 4.74 Å². The van der Waals surface area contributed by atoms with Crippen molar-refractivity contribution < 1.29 is 18.4 Å². The van der Waals surface area contributed by atoms with Crippen LogP contribution in [0.2, 0.25) is 0 Å². The maximum Gasteiger partial charge on any atom is 0.331 e. The number of aromatic nitrogens is 1. The van der Waals surface area contributed by atoms with E-state index in [0.29, 0.717) is 0 Å². The van der Waals surface area contributed by atoms with Gasteiger partial charge >= 0.3 is 5.69 Å². The molecule has 0 radical (unpaired) electrons. The predicted octanol–water partition coefficient (Wildman–Crippen LogP) is 2.00. The minimum absolute atomic E-state index is 0.171. The quantitative estimate of drug-likeness (QED) is 0.596. The Labute approximate surface area is 94.6 Å². The normalized spacial score (nSPS) is 10.1. The summed E-state index contributed by atoms with van der Waals surface area (Å²) in [6, 6.07) is 2.53. The molecule has 0 saturated heterocycles. The molecule has 0 saturated carbocycles. The van der Waals surface area contributed by atoms with Crippen molar-refractivity contribution in [2.24, 2.45) is 0 Å². The number of alkyl halides is 2. The fraction of sp³-hybridized carbons (Fsp3) is 0.333. The molecule has 0 amide bonds. The molecule has 0 fully saturated rings. The lowest BCUT2D eigenvalue weighted by Crippen LogP contribution is -2.04. The van der Waals surface area contributed by atoms with Gasteiger partial charge in [-0.3, -0.25) is 10.1 Å². The second-order valence-electron chi connectivity index (χ2n) is 2.95. The van der Waals surface area contributed by atoms with Gasteiger partial charge in [-0.2, -0.15) is 5.26 Å². The lowest BCUT2D eigenvalue weighted by molar-refractivity contribution is -0.386. The van der Waals surface area contributed by atoms with Crippen LogP contribution in [0, 0.1) is 21.4 Å². The van der Waals surface area contributed by atoms with Crippen molar-refractivity contribution in [2.75, 3.05) is 7.11 Å². The van der Waals surface area contributed by atoms with E-state index in [4.69, 9.17) is 5.26 Å². The van der Waals surface area contributed by atoms with Crippen LogP contribution in [0.5, 0.6) is 5.88 Å². The zero-order valence-electron chi connectivity index (χ0n) is 8.68. The van der Waals surface area contributed by atoms with E-state index in [2.05, 4.69) is 9.72 Å². The molecule has 0 spiro atoms. The largest absolute Gasteiger partial charge is 0.476 e. The Bertz CT molecular complexity index is 485. The Balaban J connectivity index is 3.43. The Hall–Kier alpha value is -2.30. The van der Waals surface area contributed by atoms with Crippen LogP contribution >= 0.6 is 0 Å². The zero-order chi connectivity index (χ0) is 13.0. The summed E-state index contributed by atoms with van der Waals surface area (Å²) in [4.78, 5) is 13.2. The molecule has 0 aliphatic heterocycles. The summed E-state index contributed by atoms with van der Waals surface area (Å²) < 4.78 is 29.8. The molecule has 0 aliphatic rings. The van der Waals surface area contributed by atoms with Crippen molar-refractivity contribution in [1.29, 1.82) is 5.26 Å². The van der Waals surface area contributed by atoms with E-state index >= 15 is 0 Å². The van der Waals surface area contributed by atoms with Gasteiger partial charge in [0.25, 0.3) is 12.3 Å². The molecule has 8 heteroatoms. The maximum atomic E-state index is 12.6. The van der Waals surface area contributed by atoms with Gasteiger partial charge in [0.05, 0.1) is 24.5 Å². The number of ether oxygens (including phenoxy) is 1. The average Bonchev–Trinajstić information content (AvgIpc) is 2.28. The summed E-state index contributed by atoms with van der Waals surface area (Å²) in [6.45, 7) is 0. The van der Waals surface area contributed by atoms with Crippen molar-refractivity contribution in [3.05, 3.63) is 27.4 Å². The van der Waals surface area contributed by atoms with Gasteiger partial charge in [-0.25, -0.2) is 13.8 Å². The molecule has 17 heavy (non-hydrogen) atoms. The molecule has 1 aromatic rings. The van der Waals surface area contributed by atoms with Crippen LogP contribution in [0.4, 0.5) is 14.5 Å². The van der Waals surface area contributed by atoms with Crippen molar-refractivity contribution in [2.45, 2.75) is 12.8 Å². The number of nitriles is 1. The third-order valence-electron chi connectivity index (χ3n) is 1.95. The lowest BCUT2D eigenvalue weighted by Gasteiger charge is -2.07. The van der Waals surface area contributed by atoms with Gasteiger partial charge in [0.15, 0.2) is 0 Å². The van der Waals surface area contributed by atoms with Gasteiger partial charge in [0, 0.05) is 11.6 Å². The van der Waals surface area contributed by atoms with Gasteiger partial charge in [-0.05, 0) is 0 Å². The Morgan fingerprint density at radius 3 is 2.76 bits per heavy atom. The van der Waals surface area contributed by atoms with Crippen LogP contribution in [0.15, 0.2) is 6.07 Å². The molecule has 0 atom stereocenters. The van der Waals surface area contributed by atoms with E-state index in [0.717, 1.165) is 13.2 Å². The highest BCUT2D eigenvalue weighted by Crippen LogP contribution is 2.31. The third kappa shape index (κ3) is 2.63. The fourth-order valence-electron chi connectivity index (χ4n) is 1.24. The number of hydrogen-bond donors (Lipinski definition) is 0. The minimum atomic E-state index is -2.92. The first-order valence-electron chi connectivity index (χ1n) is 4.38. The molecule has 90 valence electrons. The van der Waals surface area contributed by atoms with Crippen LogP contribution in [0.1, 0.15) is 17.7 Å². The summed E-state index contributed by atoms with van der Waals surface area (Å²) in [5.41, 5.74) is -1.38. The van der Waals surface area contributed by atoms with Gasteiger partial charge in [0.1, 0.15) is 5.69 Å². The molecule has 0 aliphatic carbocycles. The second-order valence-corrected chi connectivity index (χ2v) is 2.95. The predicted molar refractivity (Wildman–Crippen MR) is 51.7 cm³/mol. The molecule has 1 rings (SSSR count). The summed E-state index contributed by atoms with van der Waals surface area (Å²) in [7, 11) is 1.09. The first-order chi connectivity index (χ1) is 8.01. The second kappa shape index (κ2) is 5.16. The summed E-state index contributed by atoms with van der Waals surface area (Å²) in [5, 5.41) is 19.1. The van der Waals surface area contributed by atoms with Crippen LogP contribution in [-0.2, 0) is 6.42 Å². The number of methoxy groups -OCH3 is 1. The average molecular weight is 243 g/mol. The number of pyridine rings is 1. The van der Waals surface area contributed by atoms with E-state index in [1.807, 2.05) is 0 Å². The van der Waals surface area contributed by atoms with E-state index in [1.54, 1.807) is 6.07 Å². The highest BCUT2D eigenvalue weighted by atomic mass is 19.3. The minimum Gasteiger partial charge on any atom is -0.476 e. The highest BCUT2D eigenvalue weighted by Gasteiger charge is 2.24. The van der Waals surface area contributed by atoms with Crippen molar-refractivity contribution in [3.63, 3.8) is 0 Å². The molecule has 6 nitrogen and oxygen atoms in total. The standard InChI is InChI=1S/C9H7F2N3O3/c1-17-9-6(14(15)16)4-5(2-3-12)7(13-9)8(10)11/h4,8H,2H2,1H3. The van der Waals surface area contributed by atoms with Crippen LogP contribution in [0.25, 0.3) is 0 Å². The summed E-state index contributed by atoms with van der Waals surface area (Å²) >= 11 is 0. The Kier molecular flexibility index (Phi) is 3.87. The molecule has 1 heterocycles. The van der Waals surface area contributed by atoms with E-state index < -0.39 is 28.6 Å². The van der Waals surface area contributed by atoms with E-state index in [1.165, 1.54) is 0 Å². The fourth-order valence-corrected chi connectivity index (χ4v) is 1.24. The molecular formula is C9H7F2N3O3. The molecule has 0 bridgehead atoms. The number of halogens is 2. The number of nitro groups is 1. The molecular weight excluding hydrogens is 236 g/mol. The van der Waals surface area contributed by atoms with Crippen molar-refractivity contribution in [3.8, 4) is 11.9 Å². The SMILES string of the molecule is COc1nc(C(F)F)c(CC#N)cc1[N+](=O)[O-]. The third-order valence-corrected chi connectivity index (χ3v) is 1.95. The van der Waals surface area contributed by atoms with Crippen LogP contribution in [0.3, 0.4) is 0 Å². The van der Waals surface area contributed by atoms with Gasteiger partial charge in [-0.15, -0.1) is 0 Å². The van der Waals surface area contributed by atoms with Gasteiger partial charge in [-0.1, -0.05) is 0 Å². The van der Waals surface area contributed by atoms with Gasteiger partial charge < -0.3 is 4.74 Å². The van der Waals surface area contributed by atoms with E-state index in [9.17, 15) is 18.9 Å². The smallest absolute Gasteiger partial charge is 0.331 e. The van der Waals surface area contributed by atoms with Crippen LogP contribution in [-0.4, -0.2) is 17.0 Å². The maximum absolute atomic E-state index is 12.6. The number of rotatable bonds is 4.